The summed E-state index contributed by atoms with van der Waals surface area (Å²) in [6.07, 6.45) is 0. The number of ether oxygens (including phenoxy) is 13. The van der Waals surface area contributed by atoms with Crippen LogP contribution in [0.5, 0.6) is 0 Å². The Morgan fingerprint density at radius 1 is 0.360 bits per heavy atom. The van der Waals surface area contributed by atoms with E-state index in [1.165, 1.54) is 0 Å². The third-order valence-corrected chi connectivity index (χ3v) is 6.00. The molecule has 0 saturated carbocycles. The summed E-state index contributed by atoms with van der Waals surface area (Å²) in [4.78, 5) is 23.6. The molecule has 0 amide bonds. The fourth-order valence-electron chi connectivity index (χ4n) is 3.54. The van der Waals surface area contributed by atoms with Crippen LogP contribution in [0.25, 0.3) is 0 Å². The van der Waals surface area contributed by atoms with Gasteiger partial charge in [0.25, 0.3) is 5.78 Å². The van der Waals surface area contributed by atoms with E-state index in [0.717, 1.165) is 0 Å². The second-order valence-corrected chi connectivity index (χ2v) is 9.87. The smallest absolute Gasteiger partial charge is 0.379 e. The van der Waals surface area contributed by atoms with Gasteiger partial charge in [-0.2, -0.15) is 0 Å². The van der Waals surface area contributed by atoms with Crippen LogP contribution in [-0.4, -0.2) is 184 Å². The number of ketones is 1. The van der Waals surface area contributed by atoms with E-state index in [2.05, 4.69) is 0 Å². The topological polar surface area (TPSA) is 154 Å². The third-order valence-electron chi connectivity index (χ3n) is 6.00. The molecule has 0 bridgehead atoms. The van der Waals surface area contributed by atoms with E-state index in [9.17, 15) is 14.0 Å². The van der Waals surface area contributed by atoms with Gasteiger partial charge in [0, 0.05) is 5.56 Å². The van der Waals surface area contributed by atoms with E-state index in [1.807, 2.05) is 0 Å². The van der Waals surface area contributed by atoms with Crippen molar-refractivity contribution in [1.29, 1.82) is 0 Å². The third kappa shape index (κ3) is 31.8. The summed E-state index contributed by atoms with van der Waals surface area (Å²) in [6.45, 7) is 9.70. The number of rotatable bonds is 40. The number of esters is 1. The highest BCUT2D eigenvalue weighted by molar-refractivity contribution is 6.40. The van der Waals surface area contributed by atoms with Crippen LogP contribution in [0, 0.1) is 0 Å². The van der Waals surface area contributed by atoms with Crippen molar-refractivity contribution in [1.82, 2.24) is 0 Å². The van der Waals surface area contributed by atoms with Gasteiger partial charge in [-0.3, -0.25) is 4.79 Å². The van der Waals surface area contributed by atoms with Crippen molar-refractivity contribution >= 4 is 11.8 Å². The lowest BCUT2D eigenvalue weighted by Gasteiger charge is -2.09. The Labute approximate surface area is 295 Å². The molecule has 1 aromatic carbocycles. The standard InChI is InChI=1S/C34H57FO15/c35-6-7-38-8-9-39-10-11-40-12-13-41-14-15-42-16-17-43-18-19-44-20-21-45-22-23-46-24-25-47-26-27-48-28-29-49-30-31-50-34(37)33(36)32-4-2-1-3-5-32/h1-5H,6-31H2. The Bertz CT molecular complexity index is 868. The lowest BCUT2D eigenvalue weighted by atomic mass is 10.1. The molecule has 50 heavy (non-hydrogen) atoms. The van der Waals surface area contributed by atoms with Crippen LogP contribution in [0.1, 0.15) is 10.4 Å². The minimum Gasteiger partial charge on any atom is -0.457 e. The van der Waals surface area contributed by atoms with Gasteiger partial charge in [0.15, 0.2) is 0 Å². The number of carbonyl (C=O) groups excluding carboxylic acids is 2. The van der Waals surface area contributed by atoms with Gasteiger partial charge in [0.2, 0.25) is 0 Å². The zero-order valence-electron chi connectivity index (χ0n) is 29.3. The predicted molar refractivity (Wildman–Crippen MR) is 178 cm³/mol. The zero-order chi connectivity index (χ0) is 35.8. The lowest BCUT2D eigenvalue weighted by molar-refractivity contribution is -0.139. The first-order valence-electron chi connectivity index (χ1n) is 17.0. The molecule has 0 N–H and O–H groups in total. The van der Waals surface area contributed by atoms with Gasteiger partial charge in [-0.25, -0.2) is 9.18 Å². The molecule has 0 aliphatic carbocycles. The van der Waals surface area contributed by atoms with Gasteiger partial charge in [-0.1, -0.05) is 30.3 Å². The van der Waals surface area contributed by atoms with E-state index in [0.29, 0.717) is 151 Å². The van der Waals surface area contributed by atoms with E-state index < -0.39 is 18.4 Å². The van der Waals surface area contributed by atoms with Crippen molar-refractivity contribution in [2.45, 2.75) is 0 Å². The van der Waals surface area contributed by atoms with Crippen molar-refractivity contribution in [2.24, 2.45) is 0 Å². The number of benzene rings is 1. The van der Waals surface area contributed by atoms with E-state index in [1.54, 1.807) is 30.3 Å². The fraction of sp³-hybridized carbons (Fsp3) is 0.765. The van der Waals surface area contributed by atoms with Gasteiger partial charge < -0.3 is 61.6 Å². The molecule has 0 unspecified atom stereocenters. The summed E-state index contributed by atoms with van der Waals surface area (Å²) in [5.41, 5.74) is 0.292. The average molecular weight is 725 g/mol. The molecule has 0 aliphatic rings. The molecule has 0 aromatic heterocycles. The van der Waals surface area contributed by atoms with Gasteiger partial charge in [-0.05, 0) is 0 Å². The molecule has 0 spiro atoms. The Kier molecular flexibility index (Phi) is 34.9. The van der Waals surface area contributed by atoms with E-state index in [-0.39, 0.29) is 19.8 Å². The van der Waals surface area contributed by atoms with Gasteiger partial charge in [0.1, 0.15) is 13.3 Å². The number of hydrogen-bond donors (Lipinski definition) is 0. The normalized spacial score (nSPS) is 11.3. The average Bonchev–Trinajstić information content (AvgIpc) is 3.14. The number of Topliss-reactive ketones (excluding diaryl/α,β-unsaturated/α-hetero) is 1. The van der Waals surface area contributed by atoms with Crippen molar-refractivity contribution in [3.63, 3.8) is 0 Å². The van der Waals surface area contributed by atoms with Gasteiger partial charge in [-0.15, -0.1) is 0 Å². The maximum absolute atomic E-state index is 11.9. The highest BCUT2D eigenvalue weighted by Gasteiger charge is 2.17. The summed E-state index contributed by atoms with van der Waals surface area (Å²) in [6, 6.07) is 8.24. The van der Waals surface area contributed by atoms with Crippen molar-refractivity contribution in [2.75, 3.05) is 172 Å². The lowest BCUT2D eigenvalue weighted by Crippen LogP contribution is -2.20. The Morgan fingerprint density at radius 3 is 0.860 bits per heavy atom. The maximum atomic E-state index is 11.9. The van der Waals surface area contributed by atoms with Crippen LogP contribution in [0.2, 0.25) is 0 Å². The first-order valence-corrected chi connectivity index (χ1v) is 17.0. The molecular weight excluding hydrogens is 667 g/mol. The summed E-state index contributed by atoms with van der Waals surface area (Å²) in [5, 5.41) is 0. The maximum Gasteiger partial charge on any atom is 0.379 e. The van der Waals surface area contributed by atoms with Gasteiger partial charge >= 0.3 is 5.97 Å². The summed E-state index contributed by atoms with van der Waals surface area (Å²) < 4.78 is 81.2. The quantitative estimate of drug-likeness (QED) is 0.0416. The van der Waals surface area contributed by atoms with Crippen LogP contribution in [-0.2, 0) is 66.4 Å². The summed E-state index contributed by atoms with van der Waals surface area (Å²) >= 11 is 0. The van der Waals surface area contributed by atoms with E-state index >= 15 is 0 Å². The Balaban J connectivity index is 1.65. The molecule has 0 radical (unpaired) electrons. The van der Waals surface area contributed by atoms with Crippen molar-refractivity contribution in [3.8, 4) is 0 Å². The number of alkyl halides is 1. The molecule has 0 saturated heterocycles. The van der Waals surface area contributed by atoms with Gasteiger partial charge in [0.05, 0.1) is 159 Å². The first-order chi connectivity index (χ1) is 24.8. The summed E-state index contributed by atoms with van der Waals surface area (Å²) in [5.74, 6) is -1.58. The Morgan fingerprint density at radius 2 is 0.600 bits per heavy atom. The molecule has 16 heteroatoms. The molecule has 1 aromatic rings. The van der Waals surface area contributed by atoms with Crippen LogP contribution in [0.15, 0.2) is 30.3 Å². The van der Waals surface area contributed by atoms with Crippen LogP contribution >= 0.6 is 0 Å². The molecule has 0 fully saturated rings. The summed E-state index contributed by atoms with van der Waals surface area (Å²) in [7, 11) is 0. The fourth-order valence-corrected chi connectivity index (χ4v) is 3.54. The van der Waals surface area contributed by atoms with E-state index in [4.69, 9.17) is 61.6 Å². The van der Waals surface area contributed by atoms with Crippen molar-refractivity contribution in [3.05, 3.63) is 35.9 Å². The highest BCUT2D eigenvalue weighted by atomic mass is 19.1. The largest absolute Gasteiger partial charge is 0.457 e. The first kappa shape index (κ1) is 45.8. The highest BCUT2D eigenvalue weighted by Crippen LogP contribution is 2.01. The minimum absolute atomic E-state index is 0.00740. The second kappa shape index (κ2) is 38.1. The zero-order valence-corrected chi connectivity index (χ0v) is 29.3. The minimum atomic E-state index is -0.901. The van der Waals surface area contributed by atoms with Crippen LogP contribution in [0.4, 0.5) is 4.39 Å². The Hall–Kier alpha value is -2.19. The molecule has 1 rings (SSSR count). The van der Waals surface area contributed by atoms with Crippen LogP contribution in [0.3, 0.4) is 0 Å². The number of hydrogen-bond acceptors (Lipinski definition) is 15. The molecule has 0 aliphatic heterocycles. The van der Waals surface area contributed by atoms with Crippen LogP contribution < -0.4 is 0 Å². The molecular formula is C34H57FO15. The predicted octanol–water partition coefficient (Wildman–Crippen LogP) is 1.58. The number of carbonyl (C=O) groups is 2. The van der Waals surface area contributed by atoms with Crippen molar-refractivity contribution < 1.29 is 75.6 Å². The monoisotopic (exact) mass is 724 g/mol. The molecule has 15 nitrogen and oxygen atoms in total. The second-order valence-electron chi connectivity index (χ2n) is 9.87. The SMILES string of the molecule is O=C(OCCOCCOCCOCCOCCOCCOCCOCCOCCOCCOCCOCCOCCF)C(=O)c1ccccc1. The molecule has 0 atom stereocenters. The molecule has 290 valence electrons. The molecule has 0 heterocycles. The number of halogens is 1.